The summed E-state index contributed by atoms with van der Waals surface area (Å²) in [5.41, 5.74) is -0.210. The zero-order valence-electron chi connectivity index (χ0n) is 13.7. The second-order valence-electron chi connectivity index (χ2n) is 5.55. The summed E-state index contributed by atoms with van der Waals surface area (Å²) < 4.78 is 45.9. The number of hydrogen-bond acceptors (Lipinski definition) is 3. The molecule has 0 aliphatic carbocycles. The molecule has 1 unspecified atom stereocenters. The second-order valence-corrected chi connectivity index (χ2v) is 5.55. The van der Waals surface area contributed by atoms with Crippen LogP contribution in [0.15, 0.2) is 4.99 Å². The molecule has 1 fully saturated rings. The molecule has 2 N–H and O–H groups in total. The van der Waals surface area contributed by atoms with E-state index in [0.717, 1.165) is 19.4 Å². The predicted octanol–water partition coefficient (Wildman–Crippen LogP) is 2.70. The molecule has 0 bridgehead atoms. The summed E-state index contributed by atoms with van der Waals surface area (Å²) in [6, 6.07) is 0. The third-order valence-corrected chi connectivity index (χ3v) is 3.24. The van der Waals surface area contributed by atoms with Gasteiger partial charge in [0.25, 0.3) is 0 Å². The Morgan fingerprint density at radius 2 is 2.09 bits per heavy atom. The van der Waals surface area contributed by atoms with Crippen LogP contribution in [0.3, 0.4) is 0 Å². The fourth-order valence-corrected chi connectivity index (χ4v) is 2.12. The quantitative estimate of drug-likeness (QED) is 0.257. The fourth-order valence-electron chi connectivity index (χ4n) is 2.12. The van der Waals surface area contributed by atoms with Crippen LogP contribution in [0.25, 0.3) is 0 Å². The van der Waals surface area contributed by atoms with E-state index in [-0.39, 0.29) is 36.2 Å². The summed E-state index contributed by atoms with van der Waals surface area (Å²) in [5, 5.41) is 6.18. The van der Waals surface area contributed by atoms with Crippen molar-refractivity contribution in [2.24, 2.45) is 4.99 Å². The Morgan fingerprint density at radius 3 is 2.65 bits per heavy atom. The van der Waals surface area contributed by atoms with E-state index in [2.05, 4.69) is 20.4 Å². The van der Waals surface area contributed by atoms with Crippen LogP contribution in [0.5, 0.6) is 0 Å². The van der Waals surface area contributed by atoms with Crippen LogP contribution >= 0.6 is 24.0 Å². The van der Waals surface area contributed by atoms with Gasteiger partial charge in [0.05, 0.1) is 12.1 Å². The summed E-state index contributed by atoms with van der Waals surface area (Å²) >= 11 is 0. The average molecular weight is 453 g/mol. The summed E-state index contributed by atoms with van der Waals surface area (Å²) in [5.74, 6) is 0.648. The molecule has 0 amide bonds. The summed E-state index contributed by atoms with van der Waals surface area (Å²) in [4.78, 5) is 4.47. The number of rotatable bonds is 8. The number of nitrogens with one attached hydrogen (secondary N) is 2. The minimum absolute atomic E-state index is 0. The van der Waals surface area contributed by atoms with Crippen molar-refractivity contribution in [2.45, 2.75) is 44.9 Å². The van der Waals surface area contributed by atoms with E-state index in [1.165, 1.54) is 0 Å². The van der Waals surface area contributed by atoms with Crippen molar-refractivity contribution in [3.63, 3.8) is 0 Å². The molecule has 1 heterocycles. The molecule has 0 aromatic heterocycles. The zero-order chi connectivity index (χ0) is 16.5. The van der Waals surface area contributed by atoms with Gasteiger partial charge in [-0.3, -0.25) is 4.99 Å². The van der Waals surface area contributed by atoms with Gasteiger partial charge in [-0.1, -0.05) is 0 Å². The second kappa shape index (κ2) is 11.3. The largest absolute Gasteiger partial charge is 0.411 e. The van der Waals surface area contributed by atoms with Crippen molar-refractivity contribution in [1.82, 2.24) is 10.6 Å². The lowest BCUT2D eigenvalue weighted by Gasteiger charge is -2.21. The zero-order valence-corrected chi connectivity index (χ0v) is 16.0. The van der Waals surface area contributed by atoms with Crippen molar-refractivity contribution in [1.29, 1.82) is 0 Å². The van der Waals surface area contributed by atoms with Crippen LogP contribution in [-0.2, 0) is 9.47 Å². The van der Waals surface area contributed by atoms with Gasteiger partial charge in [-0.25, -0.2) is 0 Å². The van der Waals surface area contributed by atoms with Gasteiger partial charge in [0, 0.05) is 26.3 Å². The topological polar surface area (TPSA) is 54.9 Å². The minimum Gasteiger partial charge on any atom is -0.373 e. The smallest absolute Gasteiger partial charge is 0.373 e. The van der Waals surface area contributed by atoms with Crippen molar-refractivity contribution >= 4 is 29.9 Å². The lowest BCUT2D eigenvalue weighted by molar-refractivity contribution is -0.173. The molecule has 1 atom stereocenters. The number of halogens is 4. The third kappa shape index (κ3) is 11.0. The van der Waals surface area contributed by atoms with Crippen molar-refractivity contribution < 1.29 is 22.6 Å². The van der Waals surface area contributed by atoms with Crippen LogP contribution in [0.4, 0.5) is 13.2 Å². The Morgan fingerprint density at radius 1 is 1.35 bits per heavy atom. The van der Waals surface area contributed by atoms with Crippen molar-refractivity contribution in [2.75, 3.05) is 39.5 Å². The highest BCUT2D eigenvalue weighted by Gasteiger charge is 2.29. The normalized spacial score (nSPS) is 21.9. The molecular weight excluding hydrogens is 426 g/mol. The Hall–Kier alpha value is -0.290. The summed E-state index contributed by atoms with van der Waals surface area (Å²) in [7, 11) is 0. The van der Waals surface area contributed by atoms with E-state index in [1.54, 1.807) is 0 Å². The van der Waals surface area contributed by atoms with Crippen LogP contribution in [0, 0.1) is 0 Å². The predicted molar refractivity (Wildman–Crippen MR) is 94.5 cm³/mol. The van der Waals surface area contributed by atoms with Crippen LogP contribution in [0.2, 0.25) is 0 Å². The molecular formula is C14H27F3IN3O2. The van der Waals surface area contributed by atoms with E-state index in [1.807, 2.05) is 13.8 Å². The molecule has 0 spiro atoms. The van der Waals surface area contributed by atoms with Crippen molar-refractivity contribution in [3.05, 3.63) is 0 Å². The van der Waals surface area contributed by atoms with Crippen LogP contribution < -0.4 is 10.6 Å². The number of guanidine groups is 1. The number of alkyl halides is 3. The molecule has 0 aromatic rings. The van der Waals surface area contributed by atoms with Gasteiger partial charge in [0.2, 0.25) is 0 Å². The highest BCUT2D eigenvalue weighted by Crippen LogP contribution is 2.24. The van der Waals surface area contributed by atoms with Gasteiger partial charge in [-0.15, -0.1) is 24.0 Å². The molecule has 23 heavy (non-hydrogen) atoms. The lowest BCUT2D eigenvalue weighted by Crippen LogP contribution is -2.39. The molecule has 1 aliphatic heterocycles. The third-order valence-electron chi connectivity index (χ3n) is 3.24. The Bertz CT molecular complexity index is 349. The van der Waals surface area contributed by atoms with E-state index in [9.17, 15) is 13.2 Å². The Balaban J connectivity index is 0.00000484. The standard InChI is InChI=1S/C14H26F3N3O2.HI/c1-3-18-12(20-10-13(2)6-4-9-22-13)19-7-5-8-21-11-14(15,16)17;/h3-11H2,1-2H3,(H2,18,19,20);1H. The highest BCUT2D eigenvalue weighted by atomic mass is 127. The first-order valence-electron chi connectivity index (χ1n) is 7.65. The molecule has 138 valence electrons. The highest BCUT2D eigenvalue weighted by molar-refractivity contribution is 14.0. The number of aliphatic imine (C=N–C) groups is 1. The van der Waals surface area contributed by atoms with Gasteiger partial charge < -0.3 is 20.1 Å². The molecule has 0 aromatic carbocycles. The average Bonchev–Trinajstić information content (AvgIpc) is 2.86. The summed E-state index contributed by atoms with van der Waals surface area (Å²) in [6.07, 6.45) is -1.75. The number of nitrogens with zero attached hydrogens (tertiary/aromatic N) is 1. The minimum atomic E-state index is -4.26. The first-order chi connectivity index (χ1) is 10.3. The fraction of sp³-hybridized carbons (Fsp3) is 0.929. The molecule has 9 heteroatoms. The number of ether oxygens (including phenoxy) is 2. The van der Waals surface area contributed by atoms with E-state index in [4.69, 9.17) is 4.74 Å². The van der Waals surface area contributed by atoms with Gasteiger partial charge in [-0.05, 0) is 33.1 Å². The maximum atomic E-state index is 11.9. The summed E-state index contributed by atoms with van der Waals surface area (Å²) in [6.45, 7) is 5.41. The molecule has 1 rings (SSSR count). The SMILES string of the molecule is CCNC(=NCC1(C)CCCO1)NCCCOCC(F)(F)F.I. The maximum Gasteiger partial charge on any atom is 0.411 e. The van der Waals surface area contributed by atoms with Gasteiger partial charge >= 0.3 is 6.18 Å². The Labute approximate surface area is 152 Å². The molecule has 5 nitrogen and oxygen atoms in total. The van der Waals surface area contributed by atoms with Crippen molar-refractivity contribution in [3.8, 4) is 0 Å². The first kappa shape index (κ1) is 22.7. The molecule has 1 aliphatic rings. The molecule has 1 saturated heterocycles. The molecule has 0 saturated carbocycles. The van der Waals surface area contributed by atoms with E-state index < -0.39 is 12.8 Å². The van der Waals surface area contributed by atoms with Gasteiger partial charge in [0.1, 0.15) is 6.61 Å². The van der Waals surface area contributed by atoms with Crippen LogP contribution in [-0.4, -0.2) is 57.2 Å². The van der Waals surface area contributed by atoms with Crippen LogP contribution in [0.1, 0.15) is 33.1 Å². The first-order valence-corrected chi connectivity index (χ1v) is 7.65. The number of hydrogen-bond donors (Lipinski definition) is 2. The van der Waals surface area contributed by atoms with Gasteiger partial charge in [0.15, 0.2) is 5.96 Å². The van der Waals surface area contributed by atoms with E-state index in [0.29, 0.717) is 32.0 Å². The lowest BCUT2D eigenvalue weighted by atomic mass is 10.0. The monoisotopic (exact) mass is 453 g/mol. The van der Waals surface area contributed by atoms with E-state index >= 15 is 0 Å². The maximum absolute atomic E-state index is 11.9. The Kier molecular flexibility index (Phi) is 11.2. The van der Waals surface area contributed by atoms with Gasteiger partial charge in [-0.2, -0.15) is 13.2 Å². The molecule has 0 radical (unpaired) electrons.